The molecule has 2 rings (SSSR count). The first-order valence-corrected chi connectivity index (χ1v) is 7.27. The fourth-order valence-electron chi connectivity index (χ4n) is 2.00. The summed E-state index contributed by atoms with van der Waals surface area (Å²) in [6.45, 7) is 10.2. The first-order valence-electron chi connectivity index (χ1n) is 7.27. The Kier molecular flexibility index (Phi) is 4.71. The monoisotopic (exact) mass is 273 g/mol. The van der Waals surface area contributed by atoms with Crippen molar-refractivity contribution in [2.75, 3.05) is 11.9 Å². The van der Waals surface area contributed by atoms with Crippen LogP contribution in [0.5, 0.6) is 0 Å². The van der Waals surface area contributed by atoms with Crippen LogP contribution in [0.15, 0.2) is 12.4 Å². The minimum absolute atomic E-state index is 0.744. The molecule has 1 N–H and O–H groups in total. The lowest BCUT2D eigenvalue weighted by molar-refractivity contribution is 0.603. The molecule has 0 radical (unpaired) electrons. The third kappa shape index (κ3) is 3.15. The van der Waals surface area contributed by atoms with Crippen LogP contribution in [-0.2, 0) is 6.54 Å². The standard InChI is InChI=1S/C15H23N5/c1-5-7-16-14-11(3)12(4)18-15(19-14)13-9-17-20(10-13)8-6-2/h9-10H,5-8H2,1-4H3,(H,16,18,19). The van der Waals surface area contributed by atoms with E-state index in [1.807, 2.05) is 24.0 Å². The normalized spacial score (nSPS) is 10.8. The number of rotatable bonds is 6. The van der Waals surface area contributed by atoms with Gasteiger partial charge in [0.15, 0.2) is 5.82 Å². The first-order chi connectivity index (χ1) is 9.65. The van der Waals surface area contributed by atoms with E-state index in [-0.39, 0.29) is 0 Å². The first kappa shape index (κ1) is 14.5. The molecule has 0 fully saturated rings. The van der Waals surface area contributed by atoms with E-state index in [2.05, 4.69) is 41.2 Å². The summed E-state index contributed by atoms with van der Waals surface area (Å²) in [5.41, 5.74) is 3.10. The highest BCUT2D eigenvalue weighted by Crippen LogP contribution is 2.21. The van der Waals surface area contributed by atoms with Crippen molar-refractivity contribution < 1.29 is 0 Å². The Balaban J connectivity index is 2.32. The second-order valence-corrected chi connectivity index (χ2v) is 5.03. The molecule has 0 aliphatic heterocycles. The molecular formula is C15H23N5. The molecule has 108 valence electrons. The van der Waals surface area contributed by atoms with E-state index in [0.717, 1.165) is 54.4 Å². The Morgan fingerprint density at radius 1 is 1.15 bits per heavy atom. The van der Waals surface area contributed by atoms with Crippen LogP contribution >= 0.6 is 0 Å². The van der Waals surface area contributed by atoms with Crippen molar-refractivity contribution in [3.8, 4) is 11.4 Å². The molecule has 0 spiro atoms. The second-order valence-electron chi connectivity index (χ2n) is 5.03. The maximum atomic E-state index is 4.64. The molecule has 0 saturated heterocycles. The average molecular weight is 273 g/mol. The fourth-order valence-corrected chi connectivity index (χ4v) is 2.00. The number of nitrogens with zero attached hydrogens (tertiary/aromatic N) is 4. The van der Waals surface area contributed by atoms with Gasteiger partial charge in [0.1, 0.15) is 5.82 Å². The lowest BCUT2D eigenvalue weighted by Crippen LogP contribution is -2.07. The van der Waals surface area contributed by atoms with Crippen LogP contribution in [0.3, 0.4) is 0 Å². The van der Waals surface area contributed by atoms with E-state index in [0.29, 0.717) is 0 Å². The van der Waals surface area contributed by atoms with Gasteiger partial charge in [0, 0.05) is 30.5 Å². The summed E-state index contributed by atoms with van der Waals surface area (Å²) >= 11 is 0. The molecule has 2 heterocycles. The summed E-state index contributed by atoms with van der Waals surface area (Å²) in [6, 6.07) is 0. The van der Waals surface area contributed by atoms with Gasteiger partial charge < -0.3 is 5.32 Å². The van der Waals surface area contributed by atoms with E-state index in [4.69, 9.17) is 0 Å². The largest absolute Gasteiger partial charge is 0.370 e. The van der Waals surface area contributed by atoms with Crippen molar-refractivity contribution >= 4 is 5.82 Å². The molecule has 0 unspecified atom stereocenters. The third-order valence-corrected chi connectivity index (χ3v) is 3.28. The summed E-state index contributed by atoms with van der Waals surface area (Å²) in [4.78, 5) is 9.22. The van der Waals surface area contributed by atoms with Gasteiger partial charge in [-0.3, -0.25) is 4.68 Å². The van der Waals surface area contributed by atoms with Gasteiger partial charge in [-0.2, -0.15) is 5.10 Å². The number of aromatic nitrogens is 4. The predicted octanol–water partition coefficient (Wildman–Crippen LogP) is 3.19. The van der Waals surface area contributed by atoms with Crippen LogP contribution in [0.4, 0.5) is 5.82 Å². The van der Waals surface area contributed by atoms with Crippen molar-refractivity contribution in [3.63, 3.8) is 0 Å². The van der Waals surface area contributed by atoms with Crippen LogP contribution in [0, 0.1) is 13.8 Å². The van der Waals surface area contributed by atoms with E-state index < -0.39 is 0 Å². The maximum absolute atomic E-state index is 4.64. The minimum atomic E-state index is 0.744. The maximum Gasteiger partial charge on any atom is 0.164 e. The Hall–Kier alpha value is -1.91. The van der Waals surface area contributed by atoms with Gasteiger partial charge >= 0.3 is 0 Å². The summed E-state index contributed by atoms with van der Waals surface area (Å²) in [5, 5.41) is 7.71. The summed E-state index contributed by atoms with van der Waals surface area (Å²) in [7, 11) is 0. The van der Waals surface area contributed by atoms with Gasteiger partial charge in [-0.1, -0.05) is 13.8 Å². The molecule has 0 amide bonds. The van der Waals surface area contributed by atoms with Gasteiger partial charge in [-0.05, 0) is 26.7 Å². The zero-order chi connectivity index (χ0) is 14.5. The quantitative estimate of drug-likeness (QED) is 0.878. The molecule has 0 aromatic carbocycles. The molecule has 0 atom stereocenters. The number of anilines is 1. The van der Waals surface area contributed by atoms with Crippen LogP contribution in [0.1, 0.15) is 37.9 Å². The predicted molar refractivity (Wildman–Crippen MR) is 81.8 cm³/mol. The lowest BCUT2D eigenvalue weighted by atomic mass is 10.2. The molecule has 2 aromatic rings. The van der Waals surface area contributed by atoms with Crippen molar-refractivity contribution in [2.45, 2.75) is 47.1 Å². The zero-order valence-corrected chi connectivity index (χ0v) is 12.8. The molecule has 0 saturated carbocycles. The van der Waals surface area contributed by atoms with E-state index in [1.165, 1.54) is 0 Å². The van der Waals surface area contributed by atoms with Crippen molar-refractivity contribution in [1.82, 2.24) is 19.7 Å². The summed E-state index contributed by atoms with van der Waals surface area (Å²) < 4.78 is 1.94. The van der Waals surface area contributed by atoms with Crippen molar-refractivity contribution in [3.05, 3.63) is 23.7 Å². The molecular weight excluding hydrogens is 250 g/mol. The molecule has 0 aliphatic carbocycles. The zero-order valence-electron chi connectivity index (χ0n) is 12.8. The molecule has 5 nitrogen and oxygen atoms in total. The fraction of sp³-hybridized carbons (Fsp3) is 0.533. The molecule has 2 aromatic heterocycles. The SMILES string of the molecule is CCCNc1nc(-c2cnn(CCC)c2)nc(C)c1C. The van der Waals surface area contributed by atoms with Crippen LogP contribution in [0.25, 0.3) is 11.4 Å². The summed E-state index contributed by atoms with van der Waals surface area (Å²) in [6.07, 6.45) is 5.99. The number of hydrogen-bond acceptors (Lipinski definition) is 4. The molecule has 5 heteroatoms. The third-order valence-electron chi connectivity index (χ3n) is 3.28. The number of aryl methyl sites for hydroxylation is 2. The van der Waals surface area contributed by atoms with Crippen LogP contribution in [-0.4, -0.2) is 26.3 Å². The van der Waals surface area contributed by atoms with Crippen molar-refractivity contribution in [2.24, 2.45) is 0 Å². The van der Waals surface area contributed by atoms with Gasteiger partial charge in [0.05, 0.1) is 11.8 Å². The number of nitrogens with one attached hydrogen (secondary N) is 1. The Morgan fingerprint density at radius 2 is 1.95 bits per heavy atom. The lowest BCUT2D eigenvalue weighted by Gasteiger charge is -2.11. The van der Waals surface area contributed by atoms with E-state index in [9.17, 15) is 0 Å². The Morgan fingerprint density at radius 3 is 2.65 bits per heavy atom. The van der Waals surface area contributed by atoms with Crippen molar-refractivity contribution in [1.29, 1.82) is 0 Å². The average Bonchev–Trinajstić information content (AvgIpc) is 2.89. The van der Waals surface area contributed by atoms with Crippen LogP contribution in [0.2, 0.25) is 0 Å². The Labute approximate surface area is 120 Å². The molecule has 0 aliphatic rings. The van der Waals surface area contributed by atoms with Gasteiger partial charge in [0.25, 0.3) is 0 Å². The van der Waals surface area contributed by atoms with E-state index in [1.54, 1.807) is 0 Å². The minimum Gasteiger partial charge on any atom is -0.370 e. The second kappa shape index (κ2) is 6.50. The highest BCUT2D eigenvalue weighted by Gasteiger charge is 2.10. The van der Waals surface area contributed by atoms with Gasteiger partial charge in [-0.25, -0.2) is 9.97 Å². The number of hydrogen-bond donors (Lipinski definition) is 1. The highest BCUT2D eigenvalue weighted by atomic mass is 15.3. The van der Waals surface area contributed by atoms with E-state index >= 15 is 0 Å². The molecule has 20 heavy (non-hydrogen) atoms. The smallest absolute Gasteiger partial charge is 0.164 e. The highest BCUT2D eigenvalue weighted by molar-refractivity contribution is 5.58. The van der Waals surface area contributed by atoms with Crippen LogP contribution < -0.4 is 5.32 Å². The molecule has 0 bridgehead atoms. The summed E-state index contributed by atoms with van der Waals surface area (Å²) in [5.74, 6) is 1.67. The van der Waals surface area contributed by atoms with Gasteiger partial charge in [0.2, 0.25) is 0 Å². The van der Waals surface area contributed by atoms with Gasteiger partial charge in [-0.15, -0.1) is 0 Å². The Bertz CT molecular complexity index is 574. The topological polar surface area (TPSA) is 55.6 Å².